The van der Waals surface area contributed by atoms with Crippen molar-refractivity contribution in [1.29, 1.82) is 0 Å². The van der Waals surface area contributed by atoms with E-state index in [0.29, 0.717) is 29.1 Å². The van der Waals surface area contributed by atoms with Crippen LogP contribution in [0.2, 0.25) is 0 Å². The first kappa shape index (κ1) is 19.7. The van der Waals surface area contributed by atoms with Crippen molar-refractivity contribution in [3.8, 4) is 34.0 Å². The van der Waals surface area contributed by atoms with Crippen LogP contribution in [0, 0.1) is 11.8 Å². The molecule has 3 atom stereocenters. The highest BCUT2D eigenvalue weighted by atomic mass is 16.5. The summed E-state index contributed by atoms with van der Waals surface area (Å²) in [5.41, 5.74) is 2.91. The Hall–Kier alpha value is -3.26. The number of nitrogens with zero attached hydrogens (tertiary/aromatic N) is 5. The Morgan fingerprint density at radius 3 is 2.48 bits per heavy atom. The van der Waals surface area contributed by atoms with Gasteiger partial charge in [-0.15, -0.1) is 10.2 Å². The zero-order valence-electron chi connectivity index (χ0n) is 17.7. The largest absolute Gasteiger partial charge is 0.507 e. The van der Waals surface area contributed by atoms with Gasteiger partial charge in [0.1, 0.15) is 11.4 Å². The van der Waals surface area contributed by atoms with Crippen LogP contribution in [0.3, 0.4) is 0 Å². The maximum Gasteiger partial charge on any atom is 0.245 e. The highest BCUT2D eigenvalue weighted by molar-refractivity contribution is 5.74. The molecular formula is C23H26N6O2. The van der Waals surface area contributed by atoms with E-state index in [4.69, 9.17) is 4.74 Å². The molecule has 3 aromatic rings. The maximum atomic E-state index is 10.6. The predicted molar refractivity (Wildman–Crippen MR) is 118 cm³/mol. The molecule has 8 nitrogen and oxygen atoms in total. The first-order valence-corrected chi connectivity index (χ1v) is 10.6. The van der Waals surface area contributed by atoms with E-state index in [9.17, 15) is 5.11 Å². The van der Waals surface area contributed by atoms with Gasteiger partial charge < -0.3 is 20.1 Å². The fraction of sp³-hybridized carbons (Fsp3) is 0.391. The molecule has 31 heavy (non-hydrogen) atoms. The van der Waals surface area contributed by atoms with E-state index < -0.39 is 0 Å². The number of hydrogen-bond donors (Lipinski definition) is 2. The molecule has 5 rings (SSSR count). The lowest BCUT2D eigenvalue weighted by Gasteiger charge is -2.24. The average Bonchev–Trinajstić information content (AvgIpc) is 3.41. The van der Waals surface area contributed by atoms with Gasteiger partial charge in [0, 0.05) is 30.9 Å². The van der Waals surface area contributed by atoms with E-state index in [1.54, 1.807) is 25.6 Å². The Morgan fingerprint density at radius 1 is 1.03 bits per heavy atom. The van der Waals surface area contributed by atoms with Gasteiger partial charge in [0.05, 0.1) is 13.3 Å². The lowest BCUT2D eigenvalue weighted by atomic mass is 10.0. The van der Waals surface area contributed by atoms with Crippen LogP contribution in [0.5, 0.6) is 11.6 Å². The van der Waals surface area contributed by atoms with E-state index >= 15 is 0 Å². The first-order chi connectivity index (χ1) is 15.1. The van der Waals surface area contributed by atoms with Crippen molar-refractivity contribution in [2.75, 3.05) is 32.1 Å². The van der Waals surface area contributed by atoms with Crippen LogP contribution in [0.1, 0.15) is 12.8 Å². The predicted octanol–water partition coefficient (Wildman–Crippen LogP) is 2.75. The topological polar surface area (TPSA) is 96.3 Å². The number of anilines is 1. The standard InChI is InChI=1S/C23H26N6O2/c1-29(18-7-16-11-24-12-17(16)8-18)23-26-13-20(27-28-23)19-4-3-14(9-21(19)30)15-5-6-25-22(10-15)31-2/h3-6,9-10,13,16-18,24,30H,7-8,11-12H2,1-2H3/t16-,17+,18?. The van der Waals surface area contributed by atoms with Gasteiger partial charge in [-0.3, -0.25) is 0 Å². The third-order valence-corrected chi connectivity index (χ3v) is 6.59. The van der Waals surface area contributed by atoms with Gasteiger partial charge in [0.25, 0.3) is 0 Å². The molecule has 1 saturated heterocycles. The molecule has 0 spiro atoms. The van der Waals surface area contributed by atoms with E-state index in [0.717, 1.165) is 36.1 Å². The molecule has 1 aromatic carbocycles. The van der Waals surface area contributed by atoms with Gasteiger partial charge >= 0.3 is 0 Å². The van der Waals surface area contributed by atoms with Gasteiger partial charge in [-0.05, 0) is 67.1 Å². The SMILES string of the molecule is COc1cc(-c2ccc(-c3cnc(N(C)C4C[C@H]5CNC[C@H]5C4)nn3)c(O)c2)ccn1. The van der Waals surface area contributed by atoms with Crippen LogP contribution in [0.4, 0.5) is 5.95 Å². The molecule has 160 valence electrons. The zero-order valence-corrected chi connectivity index (χ0v) is 17.7. The van der Waals surface area contributed by atoms with E-state index in [1.165, 1.54) is 12.8 Å². The van der Waals surface area contributed by atoms with Gasteiger partial charge in [0.2, 0.25) is 11.8 Å². The molecule has 2 aromatic heterocycles. The van der Waals surface area contributed by atoms with Crippen molar-refractivity contribution >= 4 is 5.95 Å². The molecule has 1 aliphatic heterocycles. The summed E-state index contributed by atoms with van der Waals surface area (Å²) in [5.74, 6) is 2.80. The molecule has 2 fully saturated rings. The minimum Gasteiger partial charge on any atom is -0.507 e. The molecule has 0 amide bonds. The van der Waals surface area contributed by atoms with Gasteiger partial charge in [-0.1, -0.05) is 6.07 Å². The number of aromatic nitrogens is 4. The summed E-state index contributed by atoms with van der Waals surface area (Å²) in [4.78, 5) is 10.8. The number of benzene rings is 1. The fourth-order valence-corrected chi connectivity index (χ4v) is 4.80. The second-order valence-corrected chi connectivity index (χ2v) is 8.38. The molecule has 1 saturated carbocycles. The smallest absolute Gasteiger partial charge is 0.245 e. The Bertz CT molecular complexity index is 1060. The van der Waals surface area contributed by atoms with E-state index in [2.05, 4.69) is 30.4 Å². The summed E-state index contributed by atoms with van der Waals surface area (Å²) in [5, 5.41) is 22.8. The van der Waals surface area contributed by atoms with Crippen LogP contribution in [0.25, 0.3) is 22.4 Å². The van der Waals surface area contributed by atoms with E-state index in [1.807, 2.05) is 31.3 Å². The molecule has 0 radical (unpaired) electrons. The van der Waals surface area contributed by atoms with Crippen molar-refractivity contribution < 1.29 is 9.84 Å². The molecule has 2 aliphatic rings. The number of nitrogens with one attached hydrogen (secondary N) is 1. The average molecular weight is 419 g/mol. The number of aromatic hydroxyl groups is 1. The van der Waals surface area contributed by atoms with Crippen molar-refractivity contribution in [2.24, 2.45) is 11.8 Å². The van der Waals surface area contributed by atoms with Gasteiger partial charge in [0.15, 0.2) is 0 Å². The van der Waals surface area contributed by atoms with Crippen LogP contribution in [-0.2, 0) is 0 Å². The molecule has 0 bridgehead atoms. The molecule has 2 N–H and O–H groups in total. The number of pyridine rings is 1. The van der Waals surface area contributed by atoms with Crippen molar-refractivity contribution in [3.63, 3.8) is 0 Å². The van der Waals surface area contributed by atoms with Crippen molar-refractivity contribution in [3.05, 3.63) is 42.7 Å². The number of rotatable bonds is 5. The minimum atomic E-state index is 0.126. The Labute approximate surface area is 181 Å². The molecule has 3 heterocycles. The number of methoxy groups -OCH3 is 1. The lowest BCUT2D eigenvalue weighted by Crippen LogP contribution is -2.32. The van der Waals surface area contributed by atoms with Crippen LogP contribution in [-0.4, -0.2) is 58.6 Å². The Balaban J connectivity index is 1.33. The zero-order chi connectivity index (χ0) is 21.4. The number of hydrogen-bond acceptors (Lipinski definition) is 8. The number of phenols is 1. The summed E-state index contributed by atoms with van der Waals surface area (Å²) in [6.45, 7) is 2.24. The normalized spacial score (nSPS) is 22.3. The van der Waals surface area contributed by atoms with Crippen LogP contribution in [0.15, 0.2) is 42.7 Å². The van der Waals surface area contributed by atoms with E-state index in [-0.39, 0.29) is 5.75 Å². The number of phenolic OH excluding ortho intramolecular Hbond substituents is 1. The number of fused-ring (bicyclic) bond motifs is 1. The Kier molecular flexibility index (Phi) is 5.15. The van der Waals surface area contributed by atoms with Crippen molar-refractivity contribution in [2.45, 2.75) is 18.9 Å². The fourth-order valence-electron chi connectivity index (χ4n) is 4.80. The highest BCUT2D eigenvalue weighted by Gasteiger charge is 2.39. The minimum absolute atomic E-state index is 0.126. The third kappa shape index (κ3) is 3.79. The second-order valence-electron chi connectivity index (χ2n) is 8.38. The highest BCUT2D eigenvalue weighted by Crippen LogP contribution is 2.38. The number of ether oxygens (including phenoxy) is 1. The summed E-state index contributed by atoms with van der Waals surface area (Å²) in [6.07, 6.45) is 5.70. The summed E-state index contributed by atoms with van der Waals surface area (Å²) in [6, 6.07) is 9.62. The second kappa shape index (κ2) is 8.11. The maximum absolute atomic E-state index is 10.6. The van der Waals surface area contributed by atoms with Gasteiger partial charge in [-0.25, -0.2) is 9.97 Å². The summed E-state index contributed by atoms with van der Waals surface area (Å²) >= 11 is 0. The lowest BCUT2D eigenvalue weighted by molar-refractivity contribution is 0.398. The van der Waals surface area contributed by atoms with Gasteiger partial charge in [-0.2, -0.15) is 0 Å². The molecular weight excluding hydrogens is 392 g/mol. The summed E-state index contributed by atoms with van der Waals surface area (Å²) < 4.78 is 5.18. The summed E-state index contributed by atoms with van der Waals surface area (Å²) in [7, 11) is 3.63. The first-order valence-electron chi connectivity index (χ1n) is 10.6. The Morgan fingerprint density at radius 2 is 1.81 bits per heavy atom. The molecule has 8 heteroatoms. The monoisotopic (exact) mass is 418 g/mol. The quantitative estimate of drug-likeness (QED) is 0.653. The molecule has 1 aliphatic carbocycles. The van der Waals surface area contributed by atoms with Crippen molar-refractivity contribution in [1.82, 2.24) is 25.5 Å². The van der Waals surface area contributed by atoms with Crippen LogP contribution < -0.4 is 15.0 Å². The molecule has 1 unspecified atom stereocenters. The van der Waals surface area contributed by atoms with Crippen LogP contribution >= 0.6 is 0 Å². The third-order valence-electron chi connectivity index (χ3n) is 6.59.